The molecule has 0 unspecified atom stereocenters. The van der Waals surface area contributed by atoms with Gasteiger partial charge in [-0.3, -0.25) is 4.90 Å². The van der Waals surface area contributed by atoms with Gasteiger partial charge in [-0.15, -0.1) is 0 Å². The minimum atomic E-state index is -3.65. The van der Waals surface area contributed by atoms with E-state index in [4.69, 9.17) is 4.74 Å². The summed E-state index contributed by atoms with van der Waals surface area (Å²) in [6, 6.07) is 8.11. The summed E-state index contributed by atoms with van der Waals surface area (Å²) in [5.74, 6) is 0.266. The molecule has 6 heteroatoms. The number of carbonyl (C=O) groups is 1. The first-order chi connectivity index (χ1) is 10.7. The van der Waals surface area contributed by atoms with E-state index in [9.17, 15) is 13.2 Å². The van der Waals surface area contributed by atoms with Crippen molar-refractivity contribution < 1.29 is 17.9 Å². The second-order valence-electron chi connectivity index (χ2n) is 6.74. The fourth-order valence-corrected chi connectivity index (χ4v) is 4.88. The first-order valence-electron chi connectivity index (χ1n) is 7.99. The smallest absolute Gasteiger partial charge is 0.411 e. The van der Waals surface area contributed by atoms with Crippen LogP contribution in [0, 0.1) is 11.8 Å². The number of cyclic esters (lactones) is 1. The molecule has 0 N–H and O–H groups in total. The Morgan fingerprint density at radius 2 is 1.78 bits per heavy atom. The molecule has 1 fully saturated rings. The van der Waals surface area contributed by atoms with E-state index in [0.29, 0.717) is 6.42 Å². The molecule has 5 nitrogen and oxygen atoms in total. The van der Waals surface area contributed by atoms with Crippen LogP contribution >= 0.6 is 0 Å². The summed E-state index contributed by atoms with van der Waals surface area (Å²) >= 11 is 0. The van der Waals surface area contributed by atoms with Gasteiger partial charge < -0.3 is 4.74 Å². The third-order valence-electron chi connectivity index (χ3n) is 4.13. The normalized spacial score (nSPS) is 20.2. The van der Waals surface area contributed by atoms with Gasteiger partial charge in [-0.25, -0.2) is 13.2 Å². The lowest BCUT2D eigenvalue weighted by Gasteiger charge is -2.33. The van der Waals surface area contributed by atoms with Gasteiger partial charge in [-0.2, -0.15) is 0 Å². The summed E-state index contributed by atoms with van der Waals surface area (Å²) in [7, 11) is -3.65. The minimum Gasteiger partial charge on any atom is -0.447 e. The van der Waals surface area contributed by atoms with E-state index >= 15 is 0 Å². The Morgan fingerprint density at radius 3 is 2.30 bits per heavy atom. The van der Waals surface area contributed by atoms with Gasteiger partial charge in [0.15, 0.2) is 9.84 Å². The van der Waals surface area contributed by atoms with Crippen LogP contribution in [0.2, 0.25) is 0 Å². The third-order valence-corrected chi connectivity index (χ3v) is 6.19. The summed E-state index contributed by atoms with van der Waals surface area (Å²) in [5.41, 5.74) is 0. The second-order valence-corrected chi connectivity index (χ2v) is 8.84. The Labute approximate surface area is 138 Å². The summed E-state index contributed by atoms with van der Waals surface area (Å²) in [4.78, 5) is 13.9. The lowest BCUT2D eigenvalue weighted by atomic mass is 10.0. The van der Waals surface area contributed by atoms with Crippen LogP contribution in [0.25, 0.3) is 0 Å². The van der Waals surface area contributed by atoms with Gasteiger partial charge in [0, 0.05) is 0 Å². The highest BCUT2D eigenvalue weighted by Crippen LogP contribution is 2.31. The second kappa shape index (κ2) is 6.91. The molecule has 1 aromatic carbocycles. The molecule has 0 aliphatic carbocycles. The van der Waals surface area contributed by atoms with Crippen molar-refractivity contribution in [3.63, 3.8) is 0 Å². The fraction of sp³-hybridized carbons (Fsp3) is 0.588. The average molecular weight is 339 g/mol. The molecule has 1 aliphatic heterocycles. The maximum Gasteiger partial charge on any atom is 0.411 e. The van der Waals surface area contributed by atoms with E-state index in [1.54, 1.807) is 30.3 Å². The first kappa shape index (κ1) is 17.8. The predicted octanol–water partition coefficient (Wildman–Crippen LogP) is 3.31. The molecule has 0 bridgehead atoms. The Hall–Kier alpha value is -1.56. The van der Waals surface area contributed by atoms with E-state index < -0.39 is 21.3 Å². The number of amides is 1. The molecule has 2 atom stereocenters. The number of carbonyl (C=O) groups excluding carboxylic acids is 1. The van der Waals surface area contributed by atoms with Gasteiger partial charge in [0.25, 0.3) is 0 Å². The van der Waals surface area contributed by atoms with Gasteiger partial charge in [0.2, 0.25) is 0 Å². The molecule has 1 aromatic rings. The van der Waals surface area contributed by atoms with E-state index in [-0.39, 0.29) is 29.4 Å². The lowest BCUT2D eigenvalue weighted by molar-refractivity contribution is 0.148. The average Bonchev–Trinajstić information content (AvgIpc) is 2.87. The number of rotatable bonds is 6. The molecule has 2 rings (SSSR count). The van der Waals surface area contributed by atoms with Crippen molar-refractivity contribution >= 4 is 15.9 Å². The zero-order valence-electron chi connectivity index (χ0n) is 14.1. The van der Waals surface area contributed by atoms with Crippen LogP contribution in [0.4, 0.5) is 4.79 Å². The summed E-state index contributed by atoms with van der Waals surface area (Å²) in [5, 5.41) is -0.896. The molecule has 0 spiro atoms. The maximum atomic E-state index is 13.1. The molecule has 0 radical (unpaired) electrons. The van der Waals surface area contributed by atoms with Gasteiger partial charge in [0.05, 0.1) is 10.9 Å². The Bertz CT molecular complexity index is 640. The van der Waals surface area contributed by atoms with E-state index in [1.165, 1.54) is 4.90 Å². The van der Waals surface area contributed by atoms with Crippen molar-refractivity contribution in [3.05, 3.63) is 30.3 Å². The molecule has 128 valence electrons. The van der Waals surface area contributed by atoms with Gasteiger partial charge in [-0.05, 0) is 30.4 Å². The van der Waals surface area contributed by atoms with E-state index in [0.717, 1.165) is 0 Å². The van der Waals surface area contributed by atoms with Gasteiger partial charge in [0.1, 0.15) is 12.0 Å². The van der Waals surface area contributed by atoms with Crippen molar-refractivity contribution in [3.8, 4) is 0 Å². The molecular formula is C17H25NO4S. The Kier molecular flexibility index (Phi) is 5.34. The van der Waals surface area contributed by atoms with Crippen LogP contribution < -0.4 is 0 Å². The number of benzene rings is 1. The summed E-state index contributed by atoms with van der Waals surface area (Å²) in [6.45, 7) is 8.11. The molecule has 23 heavy (non-hydrogen) atoms. The molecule has 1 aliphatic rings. The standard InChI is InChI=1S/C17H25NO4S/c1-12(2)10-16(18-15(13(3)4)11-22-17(18)19)23(20,21)14-8-6-5-7-9-14/h5-9,12-13,15-16H,10-11H2,1-4H3/t15-,16-/m0/s1. The maximum absolute atomic E-state index is 13.1. The van der Waals surface area contributed by atoms with Crippen LogP contribution in [-0.2, 0) is 14.6 Å². The monoisotopic (exact) mass is 339 g/mol. The first-order valence-corrected chi connectivity index (χ1v) is 9.53. The van der Waals surface area contributed by atoms with Crippen molar-refractivity contribution in [2.45, 2.75) is 50.4 Å². The van der Waals surface area contributed by atoms with E-state index in [2.05, 4.69) is 0 Å². The highest BCUT2D eigenvalue weighted by molar-refractivity contribution is 7.92. The number of ether oxygens (including phenoxy) is 1. The molecule has 0 saturated carbocycles. The minimum absolute atomic E-state index is 0.127. The number of hydrogen-bond acceptors (Lipinski definition) is 4. The summed E-state index contributed by atoms with van der Waals surface area (Å²) in [6.07, 6.45) is -0.149. The van der Waals surface area contributed by atoms with Crippen LogP contribution in [-0.4, -0.2) is 37.4 Å². The zero-order chi connectivity index (χ0) is 17.2. The Morgan fingerprint density at radius 1 is 1.17 bits per heavy atom. The van der Waals surface area contributed by atoms with Crippen molar-refractivity contribution in [2.24, 2.45) is 11.8 Å². The van der Waals surface area contributed by atoms with E-state index in [1.807, 2.05) is 27.7 Å². The number of nitrogens with zero attached hydrogens (tertiary/aromatic N) is 1. The molecule has 0 aromatic heterocycles. The Balaban J connectivity index is 2.47. The van der Waals surface area contributed by atoms with Crippen LogP contribution in [0.1, 0.15) is 34.1 Å². The topological polar surface area (TPSA) is 63.7 Å². The highest BCUT2D eigenvalue weighted by Gasteiger charge is 2.45. The van der Waals surface area contributed by atoms with Gasteiger partial charge in [-0.1, -0.05) is 45.9 Å². The van der Waals surface area contributed by atoms with Crippen LogP contribution in [0.15, 0.2) is 35.2 Å². The van der Waals surface area contributed by atoms with Crippen molar-refractivity contribution in [2.75, 3.05) is 6.61 Å². The molecular weight excluding hydrogens is 314 g/mol. The van der Waals surface area contributed by atoms with Crippen molar-refractivity contribution in [1.82, 2.24) is 4.90 Å². The number of hydrogen-bond donors (Lipinski definition) is 0. The molecule has 1 amide bonds. The SMILES string of the molecule is CC(C)C[C@@H](N1C(=O)OC[C@H]1C(C)C)S(=O)(=O)c1ccccc1. The molecule has 1 saturated heterocycles. The number of sulfone groups is 1. The lowest BCUT2D eigenvalue weighted by Crippen LogP contribution is -2.49. The van der Waals surface area contributed by atoms with Crippen LogP contribution in [0.3, 0.4) is 0 Å². The summed E-state index contributed by atoms with van der Waals surface area (Å²) < 4.78 is 31.4. The fourth-order valence-electron chi connectivity index (χ4n) is 2.85. The predicted molar refractivity (Wildman–Crippen MR) is 88.7 cm³/mol. The quantitative estimate of drug-likeness (QED) is 0.797. The third kappa shape index (κ3) is 3.68. The van der Waals surface area contributed by atoms with Crippen molar-refractivity contribution in [1.29, 1.82) is 0 Å². The zero-order valence-corrected chi connectivity index (χ0v) is 14.9. The highest BCUT2D eigenvalue weighted by atomic mass is 32.2. The van der Waals surface area contributed by atoms with Crippen LogP contribution in [0.5, 0.6) is 0 Å². The van der Waals surface area contributed by atoms with Gasteiger partial charge >= 0.3 is 6.09 Å². The molecule has 1 heterocycles. The largest absolute Gasteiger partial charge is 0.447 e.